The Bertz CT molecular complexity index is 828. The number of pyridine rings is 1. The first-order valence-electron chi connectivity index (χ1n) is 7.67. The van der Waals surface area contributed by atoms with Crippen LogP contribution in [0.5, 0.6) is 0 Å². The molecule has 0 fully saturated rings. The van der Waals surface area contributed by atoms with Crippen molar-refractivity contribution in [3.05, 3.63) is 46.8 Å². The van der Waals surface area contributed by atoms with Gasteiger partial charge in [0.05, 0.1) is 11.7 Å². The number of carbonyl (C=O) groups excluding carboxylic acids is 2. The number of carbonyl (C=O) groups is 2. The van der Waals surface area contributed by atoms with Crippen LogP contribution in [0.4, 0.5) is 26.4 Å². The zero-order valence-electron chi connectivity index (χ0n) is 13.7. The van der Waals surface area contributed by atoms with Gasteiger partial charge < -0.3 is 10.2 Å². The van der Waals surface area contributed by atoms with Crippen LogP contribution in [-0.4, -0.2) is 29.5 Å². The van der Waals surface area contributed by atoms with E-state index >= 15 is 0 Å². The fourth-order valence-electron chi connectivity index (χ4n) is 2.86. The normalized spacial score (nSPS) is 16.4. The molecule has 1 aromatic carbocycles. The lowest BCUT2D eigenvalue weighted by Gasteiger charge is -2.39. The number of anilines is 3. The van der Waals surface area contributed by atoms with E-state index < -0.39 is 6.03 Å². The Morgan fingerprint density at radius 3 is 2.56 bits per heavy atom. The number of benzene rings is 1. The summed E-state index contributed by atoms with van der Waals surface area (Å²) in [6.45, 7) is 3.64. The molecule has 25 heavy (non-hydrogen) atoms. The summed E-state index contributed by atoms with van der Waals surface area (Å²) in [6.07, 6.45) is 0. The van der Waals surface area contributed by atoms with Crippen molar-refractivity contribution in [3.63, 3.8) is 0 Å². The Balaban J connectivity index is 1.94. The summed E-state index contributed by atoms with van der Waals surface area (Å²) in [5.74, 6) is -0.101. The van der Waals surface area contributed by atoms with Crippen molar-refractivity contribution in [2.75, 3.05) is 21.7 Å². The monoisotopic (exact) mass is 406 g/mol. The van der Waals surface area contributed by atoms with E-state index in [1.54, 1.807) is 17.0 Å². The number of fused-ring (bicyclic) bond motifs is 1. The molecule has 1 atom stereocenters. The maximum Gasteiger partial charge on any atom is 0.327 e. The summed E-state index contributed by atoms with van der Waals surface area (Å²) in [4.78, 5) is 32.2. The molecule has 0 spiro atoms. The Hall–Kier alpha value is -2.48. The van der Waals surface area contributed by atoms with E-state index in [-0.39, 0.29) is 17.8 Å². The van der Waals surface area contributed by atoms with Crippen LogP contribution in [0.25, 0.3) is 0 Å². The zero-order valence-corrected chi connectivity index (χ0v) is 15.2. The first-order chi connectivity index (χ1) is 11.9. The van der Waals surface area contributed by atoms with Crippen LogP contribution in [0.15, 0.2) is 41.0 Å². The molecule has 0 radical (unpaired) electrons. The van der Waals surface area contributed by atoms with Gasteiger partial charge in [-0.3, -0.25) is 9.69 Å². The fourth-order valence-corrected chi connectivity index (χ4v) is 3.16. The number of halogens is 2. The second-order valence-electron chi connectivity index (χ2n) is 5.76. The highest BCUT2D eigenvalue weighted by Gasteiger charge is 2.34. The fraction of sp³-hybridized carbons (Fsp3) is 0.235. The topological polar surface area (TPSA) is 65.5 Å². The van der Waals surface area contributed by atoms with Crippen molar-refractivity contribution in [2.24, 2.45) is 0 Å². The molecule has 3 rings (SSSR count). The van der Waals surface area contributed by atoms with E-state index in [0.29, 0.717) is 28.3 Å². The zero-order chi connectivity index (χ0) is 18.1. The van der Waals surface area contributed by atoms with Gasteiger partial charge >= 0.3 is 6.03 Å². The molecule has 1 N–H and O–H groups in total. The Morgan fingerprint density at radius 1 is 1.24 bits per heavy atom. The molecule has 0 bridgehead atoms. The number of aromatic nitrogens is 1. The van der Waals surface area contributed by atoms with Gasteiger partial charge in [0.15, 0.2) is 5.82 Å². The van der Waals surface area contributed by atoms with Crippen LogP contribution in [-0.2, 0) is 4.79 Å². The standard InChI is InChI=1S/C17H16BrFN4O2/c1-10-9-22(17(25)20-13-5-3-12(19)4-6-13)16-14(23(10)11(2)24)7-8-15(18)21-16/h3-8,10H,9H2,1-2H3,(H,20,25). The van der Waals surface area contributed by atoms with Crippen molar-refractivity contribution in [1.82, 2.24) is 4.98 Å². The van der Waals surface area contributed by atoms with Crippen LogP contribution >= 0.6 is 15.9 Å². The van der Waals surface area contributed by atoms with E-state index in [0.717, 1.165) is 0 Å². The Labute approximate surface area is 152 Å². The van der Waals surface area contributed by atoms with E-state index in [4.69, 9.17) is 0 Å². The number of hydrogen-bond acceptors (Lipinski definition) is 3. The molecule has 8 heteroatoms. The van der Waals surface area contributed by atoms with Crippen molar-refractivity contribution >= 4 is 45.1 Å². The molecule has 1 aliphatic heterocycles. The van der Waals surface area contributed by atoms with Crippen molar-refractivity contribution < 1.29 is 14.0 Å². The molecule has 2 aromatic rings. The van der Waals surface area contributed by atoms with E-state index in [1.165, 1.54) is 36.1 Å². The van der Waals surface area contributed by atoms with Gasteiger partial charge in [0.2, 0.25) is 5.91 Å². The van der Waals surface area contributed by atoms with Crippen molar-refractivity contribution in [1.29, 1.82) is 0 Å². The molecule has 1 unspecified atom stereocenters. The van der Waals surface area contributed by atoms with E-state index in [1.807, 2.05) is 6.92 Å². The molecule has 6 nitrogen and oxygen atoms in total. The average molecular weight is 407 g/mol. The largest absolute Gasteiger partial charge is 0.327 e. The molecule has 0 saturated carbocycles. The first kappa shape index (κ1) is 17.3. The van der Waals surface area contributed by atoms with Crippen LogP contribution < -0.4 is 15.1 Å². The maximum atomic E-state index is 13.0. The first-order valence-corrected chi connectivity index (χ1v) is 8.46. The molecule has 0 aliphatic carbocycles. The number of amides is 3. The van der Waals surface area contributed by atoms with Crippen molar-refractivity contribution in [2.45, 2.75) is 19.9 Å². The summed E-state index contributed by atoms with van der Waals surface area (Å²) in [7, 11) is 0. The van der Waals surface area contributed by atoms with E-state index in [2.05, 4.69) is 26.2 Å². The second kappa shape index (κ2) is 6.79. The van der Waals surface area contributed by atoms with Gasteiger partial charge in [0.25, 0.3) is 0 Å². The third kappa shape index (κ3) is 3.48. The minimum atomic E-state index is -0.395. The van der Waals surface area contributed by atoms with E-state index in [9.17, 15) is 14.0 Å². The molecule has 2 heterocycles. The summed E-state index contributed by atoms with van der Waals surface area (Å²) < 4.78 is 13.6. The predicted octanol–water partition coefficient (Wildman–Crippen LogP) is 3.78. The Morgan fingerprint density at radius 2 is 1.92 bits per heavy atom. The van der Waals surface area contributed by atoms with Gasteiger partial charge in [-0.15, -0.1) is 0 Å². The lowest BCUT2D eigenvalue weighted by Crippen LogP contribution is -2.52. The number of urea groups is 1. The summed E-state index contributed by atoms with van der Waals surface area (Å²) in [5.41, 5.74) is 1.05. The lowest BCUT2D eigenvalue weighted by atomic mass is 10.1. The molecule has 3 amide bonds. The third-order valence-corrected chi connectivity index (χ3v) is 4.34. The van der Waals surface area contributed by atoms with Gasteiger partial charge in [-0.25, -0.2) is 14.2 Å². The SMILES string of the molecule is CC(=O)N1c2ccc(Br)nc2N(C(=O)Nc2ccc(F)cc2)CC1C. The van der Waals surface area contributed by atoms with Gasteiger partial charge in [-0.2, -0.15) is 0 Å². The number of nitrogens with zero attached hydrogens (tertiary/aromatic N) is 3. The second-order valence-corrected chi connectivity index (χ2v) is 6.57. The van der Waals surface area contributed by atoms with Crippen LogP contribution in [0.1, 0.15) is 13.8 Å². The number of nitrogens with one attached hydrogen (secondary N) is 1. The summed E-state index contributed by atoms with van der Waals surface area (Å²) >= 11 is 3.30. The molecule has 1 aliphatic rings. The molecule has 130 valence electrons. The van der Waals surface area contributed by atoms with Gasteiger partial charge in [0, 0.05) is 19.2 Å². The summed E-state index contributed by atoms with van der Waals surface area (Å²) in [6, 6.07) is 8.39. The highest BCUT2D eigenvalue weighted by molar-refractivity contribution is 9.10. The average Bonchev–Trinajstić information content (AvgIpc) is 2.56. The highest BCUT2D eigenvalue weighted by atomic mass is 79.9. The number of hydrogen-bond donors (Lipinski definition) is 1. The van der Waals surface area contributed by atoms with Gasteiger partial charge in [-0.1, -0.05) is 0 Å². The van der Waals surface area contributed by atoms with Crippen molar-refractivity contribution in [3.8, 4) is 0 Å². The van der Waals surface area contributed by atoms with Gasteiger partial charge in [0.1, 0.15) is 10.4 Å². The molecular weight excluding hydrogens is 391 g/mol. The van der Waals surface area contributed by atoms with Crippen LogP contribution in [0.3, 0.4) is 0 Å². The molecule has 0 saturated heterocycles. The number of rotatable bonds is 1. The maximum absolute atomic E-state index is 13.0. The quantitative estimate of drug-likeness (QED) is 0.732. The molecule has 1 aromatic heterocycles. The summed E-state index contributed by atoms with van der Waals surface area (Å²) in [5, 5.41) is 2.73. The third-order valence-electron chi connectivity index (χ3n) is 3.90. The minimum absolute atomic E-state index is 0.114. The lowest BCUT2D eigenvalue weighted by molar-refractivity contribution is -0.117. The Kier molecular flexibility index (Phi) is 4.71. The molecular formula is C17H16BrFN4O2. The highest BCUT2D eigenvalue weighted by Crippen LogP contribution is 2.35. The predicted molar refractivity (Wildman–Crippen MR) is 97.3 cm³/mol. The van der Waals surface area contributed by atoms with Crippen LogP contribution in [0.2, 0.25) is 0 Å². The minimum Gasteiger partial charge on any atom is -0.307 e. The van der Waals surface area contributed by atoms with Gasteiger partial charge in [-0.05, 0) is 59.3 Å². The van der Waals surface area contributed by atoms with Crippen LogP contribution in [0, 0.1) is 5.82 Å². The smallest absolute Gasteiger partial charge is 0.307 e.